The fourth-order valence-corrected chi connectivity index (χ4v) is 3.27. The highest BCUT2D eigenvalue weighted by Crippen LogP contribution is 2.44. The summed E-state index contributed by atoms with van der Waals surface area (Å²) in [5.41, 5.74) is 1.07. The molecular weight excluding hydrogens is 256 g/mol. The molecule has 2 unspecified atom stereocenters. The third-order valence-electron chi connectivity index (χ3n) is 4.41. The largest absolute Gasteiger partial charge is 0.381 e. The Morgan fingerprint density at radius 2 is 2.05 bits per heavy atom. The smallest absolute Gasteiger partial charge is 0.277 e. The molecule has 1 aliphatic heterocycles. The maximum Gasteiger partial charge on any atom is 0.277 e. The van der Waals surface area contributed by atoms with Gasteiger partial charge in [-0.15, -0.1) is 0 Å². The molecule has 0 spiro atoms. The normalized spacial score (nSPS) is 27.3. The van der Waals surface area contributed by atoms with Crippen molar-refractivity contribution in [3.05, 3.63) is 40.7 Å². The molecule has 2 aliphatic rings. The Hall–Kier alpha value is -2.21. The van der Waals surface area contributed by atoms with Gasteiger partial charge in [-0.3, -0.25) is 15.1 Å². The van der Waals surface area contributed by atoms with E-state index in [-0.39, 0.29) is 10.6 Å². The molecule has 2 heterocycles. The van der Waals surface area contributed by atoms with E-state index in [2.05, 4.69) is 15.6 Å². The van der Waals surface area contributed by atoms with E-state index in [4.69, 9.17) is 0 Å². The lowest BCUT2D eigenvalue weighted by Crippen LogP contribution is -2.21. The van der Waals surface area contributed by atoms with E-state index in [0.29, 0.717) is 23.3 Å². The van der Waals surface area contributed by atoms with Crippen LogP contribution >= 0.6 is 0 Å². The zero-order valence-corrected chi connectivity index (χ0v) is 10.7. The van der Waals surface area contributed by atoms with Crippen LogP contribution in [0.15, 0.2) is 30.6 Å². The van der Waals surface area contributed by atoms with Crippen LogP contribution in [-0.4, -0.2) is 29.0 Å². The maximum absolute atomic E-state index is 11.1. The number of aromatic nitrogens is 1. The zero-order valence-electron chi connectivity index (χ0n) is 10.7. The minimum Gasteiger partial charge on any atom is -0.381 e. The predicted octanol–water partition coefficient (Wildman–Crippen LogP) is 1.77. The molecule has 6 heteroatoms. The number of fused-ring (bicyclic) bond motifs is 2. The van der Waals surface area contributed by atoms with Crippen LogP contribution in [-0.2, 0) is 0 Å². The quantitative estimate of drug-likeness (QED) is 0.656. The number of piperidine rings is 1. The van der Waals surface area contributed by atoms with Gasteiger partial charge in [0.05, 0.1) is 10.3 Å². The minimum absolute atomic E-state index is 0.130. The Balaban J connectivity index is 1.73. The highest BCUT2D eigenvalue weighted by atomic mass is 16.6. The third-order valence-corrected chi connectivity index (χ3v) is 4.41. The Bertz CT molecular complexity index is 693. The molecule has 0 bridgehead atoms. The Kier molecular flexibility index (Phi) is 2.40. The molecule has 102 valence electrons. The topological polar surface area (TPSA) is 80.1 Å². The van der Waals surface area contributed by atoms with Crippen LogP contribution in [0.1, 0.15) is 0 Å². The van der Waals surface area contributed by atoms with E-state index in [9.17, 15) is 10.1 Å². The molecular formula is C14H14N4O2. The molecule has 0 amide bonds. The molecule has 0 radical (unpaired) electrons. The molecule has 2 fully saturated rings. The fourth-order valence-electron chi connectivity index (χ4n) is 3.27. The number of nitrogens with one attached hydrogen (secondary N) is 2. The predicted molar refractivity (Wildman–Crippen MR) is 75.7 cm³/mol. The van der Waals surface area contributed by atoms with Gasteiger partial charge in [0.1, 0.15) is 0 Å². The summed E-state index contributed by atoms with van der Waals surface area (Å²) in [5, 5.41) is 19.4. The molecule has 1 aliphatic carbocycles. The van der Waals surface area contributed by atoms with Crippen LogP contribution in [0.25, 0.3) is 10.8 Å². The number of hydrogen-bond donors (Lipinski definition) is 2. The minimum atomic E-state index is -0.345. The van der Waals surface area contributed by atoms with Crippen molar-refractivity contribution in [1.29, 1.82) is 0 Å². The Morgan fingerprint density at radius 1 is 1.25 bits per heavy atom. The number of nitro groups is 1. The molecule has 2 aromatic rings. The number of rotatable bonds is 3. The van der Waals surface area contributed by atoms with Crippen molar-refractivity contribution >= 4 is 22.1 Å². The van der Waals surface area contributed by atoms with E-state index in [0.717, 1.165) is 24.2 Å². The SMILES string of the molecule is O=[N+]([O-])c1ccc(NC2C3CNCC32)c2cnccc12. The van der Waals surface area contributed by atoms with Gasteiger partial charge in [-0.05, 0) is 24.0 Å². The second-order valence-corrected chi connectivity index (χ2v) is 5.47. The molecule has 1 aromatic heterocycles. The number of nitro benzene ring substituents is 1. The van der Waals surface area contributed by atoms with Crippen LogP contribution < -0.4 is 10.6 Å². The lowest BCUT2D eigenvalue weighted by atomic mass is 10.1. The van der Waals surface area contributed by atoms with Gasteiger partial charge in [-0.1, -0.05) is 0 Å². The van der Waals surface area contributed by atoms with E-state index in [1.807, 2.05) is 0 Å². The molecule has 2 N–H and O–H groups in total. The summed E-state index contributed by atoms with van der Waals surface area (Å²) in [6, 6.07) is 5.56. The second kappa shape index (κ2) is 4.14. The number of pyridine rings is 1. The highest BCUT2D eigenvalue weighted by Gasteiger charge is 2.53. The summed E-state index contributed by atoms with van der Waals surface area (Å²) in [7, 11) is 0. The molecule has 20 heavy (non-hydrogen) atoms. The average Bonchev–Trinajstić information content (AvgIpc) is 2.89. The van der Waals surface area contributed by atoms with E-state index < -0.39 is 0 Å². The summed E-state index contributed by atoms with van der Waals surface area (Å²) in [5.74, 6) is 1.38. The first-order valence-electron chi connectivity index (χ1n) is 6.74. The van der Waals surface area contributed by atoms with Crippen LogP contribution in [0.5, 0.6) is 0 Å². The van der Waals surface area contributed by atoms with Crippen LogP contribution in [0, 0.1) is 22.0 Å². The summed E-state index contributed by atoms with van der Waals surface area (Å²) in [6.45, 7) is 2.12. The molecule has 1 aromatic carbocycles. The molecule has 1 saturated carbocycles. The standard InChI is InChI=1S/C14H14N4O2/c19-18(20)13-2-1-12(9-5-15-4-3-8(9)13)17-14-10-6-16-7-11(10)14/h1-5,10-11,14,16-17H,6-7H2. The van der Waals surface area contributed by atoms with Crippen LogP contribution in [0.4, 0.5) is 11.4 Å². The van der Waals surface area contributed by atoms with Crippen molar-refractivity contribution in [2.45, 2.75) is 6.04 Å². The average molecular weight is 270 g/mol. The second-order valence-electron chi connectivity index (χ2n) is 5.47. The lowest BCUT2D eigenvalue weighted by molar-refractivity contribution is -0.383. The first kappa shape index (κ1) is 11.6. The van der Waals surface area contributed by atoms with E-state index in [1.54, 1.807) is 30.6 Å². The zero-order chi connectivity index (χ0) is 13.7. The van der Waals surface area contributed by atoms with Gasteiger partial charge in [-0.2, -0.15) is 0 Å². The number of nitrogens with zero attached hydrogens (tertiary/aromatic N) is 2. The summed E-state index contributed by atoms with van der Waals surface area (Å²) < 4.78 is 0. The Labute approximate surface area is 115 Å². The maximum atomic E-state index is 11.1. The van der Waals surface area contributed by atoms with Crippen LogP contribution in [0.3, 0.4) is 0 Å². The first-order chi connectivity index (χ1) is 9.75. The van der Waals surface area contributed by atoms with Crippen LogP contribution in [0.2, 0.25) is 0 Å². The summed E-state index contributed by atoms with van der Waals surface area (Å²) in [4.78, 5) is 14.8. The van der Waals surface area contributed by atoms with Gasteiger partial charge in [0, 0.05) is 48.7 Å². The number of benzene rings is 1. The van der Waals surface area contributed by atoms with Gasteiger partial charge >= 0.3 is 0 Å². The Morgan fingerprint density at radius 3 is 2.80 bits per heavy atom. The summed E-state index contributed by atoms with van der Waals surface area (Å²) in [6.07, 6.45) is 3.29. The number of anilines is 1. The molecule has 6 nitrogen and oxygen atoms in total. The van der Waals surface area contributed by atoms with E-state index in [1.165, 1.54) is 0 Å². The van der Waals surface area contributed by atoms with Crippen molar-refractivity contribution in [3.8, 4) is 0 Å². The van der Waals surface area contributed by atoms with Gasteiger partial charge in [0.15, 0.2) is 0 Å². The third kappa shape index (κ3) is 1.65. The first-order valence-corrected chi connectivity index (χ1v) is 6.74. The number of hydrogen-bond acceptors (Lipinski definition) is 5. The molecule has 4 rings (SSSR count). The van der Waals surface area contributed by atoms with Gasteiger partial charge in [0.25, 0.3) is 5.69 Å². The number of non-ortho nitro benzene ring substituents is 1. The molecule has 1 saturated heterocycles. The van der Waals surface area contributed by atoms with Crippen molar-refractivity contribution < 1.29 is 4.92 Å². The van der Waals surface area contributed by atoms with Gasteiger partial charge < -0.3 is 10.6 Å². The molecule has 2 atom stereocenters. The lowest BCUT2D eigenvalue weighted by Gasteiger charge is -2.11. The van der Waals surface area contributed by atoms with Crippen molar-refractivity contribution in [3.63, 3.8) is 0 Å². The van der Waals surface area contributed by atoms with Crippen molar-refractivity contribution in [2.75, 3.05) is 18.4 Å². The fraction of sp³-hybridized carbons (Fsp3) is 0.357. The van der Waals surface area contributed by atoms with Gasteiger partial charge in [0.2, 0.25) is 0 Å². The summed E-state index contributed by atoms with van der Waals surface area (Å²) >= 11 is 0. The monoisotopic (exact) mass is 270 g/mol. The van der Waals surface area contributed by atoms with E-state index >= 15 is 0 Å². The highest BCUT2D eigenvalue weighted by molar-refractivity contribution is 5.99. The van der Waals surface area contributed by atoms with Gasteiger partial charge in [-0.25, -0.2) is 0 Å². The van der Waals surface area contributed by atoms with Crippen molar-refractivity contribution in [1.82, 2.24) is 10.3 Å². The van der Waals surface area contributed by atoms with Crippen molar-refractivity contribution in [2.24, 2.45) is 11.8 Å².